The molecule has 1 aromatic heterocycles. The molecule has 2 rings (SSSR count). The van der Waals surface area contributed by atoms with Crippen molar-refractivity contribution in [3.05, 3.63) is 11.1 Å². The maximum absolute atomic E-state index is 5.60. The van der Waals surface area contributed by atoms with Gasteiger partial charge in [-0.05, 0) is 19.8 Å². The largest absolute Gasteiger partial charge is 0.375 e. The third-order valence-electron chi connectivity index (χ3n) is 3.22. The van der Waals surface area contributed by atoms with Gasteiger partial charge in [-0.2, -0.15) is 0 Å². The second-order valence-corrected chi connectivity index (χ2v) is 5.79. The van der Waals surface area contributed by atoms with Crippen molar-refractivity contribution in [1.29, 1.82) is 0 Å². The van der Waals surface area contributed by atoms with Crippen molar-refractivity contribution in [2.24, 2.45) is 0 Å². The second-order valence-electron chi connectivity index (χ2n) is 4.64. The van der Waals surface area contributed by atoms with Crippen LogP contribution in [0.4, 0.5) is 5.13 Å². The molecule has 0 bridgehead atoms. The molecule has 0 saturated heterocycles. The quantitative estimate of drug-likeness (QED) is 0.831. The number of nitrogen functional groups attached to an aromatic ring is 1. The SMILES string of the molecule is CC1(NCc2cnc(N)s2)CCCCC1. The molecule has 15 heavy (non-hydrogen) atoms. The molecule has 84 valence electrons. The van der Waals surface area contributed by atoms with Crippen LogP contribution in [0.2, 0.25) is 0 Å². The number of rotatable bonds is 3. The minimum atomic E-state index is 0.330. The summed E-state index contributed by atoms with van der Waals surface area (Å²) in [5.74, 6) is 0. The van der Waals surface area contributed by atoms with Crippen LogP contribution in [0.5, 0.6) is 0 Å². The summed E-state index contributed by atoms with van der Waals surface area (Å²) in [6.45, 7) is 3.24. The molecule has 0 amide bonds. The van der Waals surface area contributed by atoms with Crippen LogP contribution in [-0.2, 0) is 6.54 Å². The Balaban J connectivity index is 1.86. The first kappa shape index (κ1) is 10.9. The van der Waals surface area contributed by atoms with Gasteiger partial charge in [0.05, 0.1) is 0 Å². The minimum Gasteiger partial charge on any atom is -0.375 e. The van der Waals surface area contributed by atoms with Crippen molar-refractivity contribution in [2.75, 3.05) is 5.73 Å². The van der Waals surface area contributed by atoms with E-state index in [1.165, 1.54) is 37.0 Å². The maximum atomic E-state index is 5.60. The number of hydrogen-bond donors (Lipinski definition) is 2. The molecule has 1 heterocycles. The van der Waals surface area contributed by atoms with Gasteiger partial charge in [0.15, 0.2) is 5.13 Å². The van der Waals surface area contributed by atoms with E-state index in [1.807, 2.05) is 6.20 Å². The Morgan fingerprint density at radius 1 is 1.47 bits per heavy atom. The fourth-order valence-electron chi connectivity index (χ4n) is 2.21. The molecule has 1 aromatic rings. The summed E-state index contributed by atoms with van der Waals surface area (Å²) < 4.78 is 0. The van der Waals surface area contributed by atoms with Gasteiger partial charge in [0.1, 0.15) is 0 Å². The zero-order valence-electron chi connectivity index (χ0n) is 9.25. The van der Waals surface area contributed by atoms with E-state index in [4.69, 9.17) is 5.73 Å². The molecule has 0 unspecified atom stereocenters. The van der Waals surface area contributed by atoms with Crippen LogP contribution >= 0.6 is 11.3 Å². The van der Waals surface area contributed by atoms with Gasteiger partial charge in [-0.25, -0.2) is 4.98 Å². The van der Waals surface area contributed by atoms with E-state index < -0.39 is 0 Å². The van der Waals surface area contributed by atoms with Crippen LogP contribution in [0.15, 0.2) is 6.20 Å². The normalized spacial score (nSPS) is 20.3. The maximum Gasteiger partial charge on any atom is 0.180 e. The Hall–Kier alpha value is -0.610. The molecule has 0 aromatic carbocycles. The number of thiazole rings is 1. The van der Waals surface area contributed by atoms with E-state index in [1.54, 1.807) is 11.3 Å². The monoisotopic (exact) mass is 225 g/mol. The highest BCUT2D eigenvalue weighted by molar-refractivity contribution is 7.15. The average Bonchev–Trinajstić information content (AvgIpc) is 2.63. The molecule has 0 radical (unpaired) electrons. The van der Waals surface area contributed by atoms with Crippen LogP contribution in [0.25, 0.3) is 0 Å². The highest BCUT2D eigenvalue weighted by Gasteiger charge is 2.25. The predicted octanol–water partition coefficient (Wildman–Crippen LogP) is 2.54. The molecule has 0 atom stereocenters. The molecule has 1 aliphatic rings. The Morgan fingerprint density at radius 3 is 2.80 bits per heavy atom. The predicted molar refractivity (Wildman–Crippen MR) is 64.9 cm³/mol. The molecule has 3 N–H and O–H groups in total. The van der Waals surface area contributed by atoms with Gasteiger partial charge < -0.3 is 11.1 Å². The van der Waals surface area contributed by atoms with Gasteiger partial charge in [-0.3, -0.25) is 0 Å². The van der Waals surface area contributed by atoms with Gasteiger partial charge in [0, 0.05) is 23.2 Å². The Labute approximate surface area is 95.1 Å². The molecule has 0 spiro atoms. The van der Waals surface area contributed by atoms with Crippen molar-refractivity contribution in [1.82, 2.24) is 10.3 Å². The van der Waals surface area contributed by atoms with Gasteiger partial charge in [-0.1, -0.05) is 19.3 Å². The number of anilines is 1. The molecule has 1 fully saturated rings. The number of nitrogens with one attached hydrogen (secondary N) is 1. The smallest absolute Gasteiger partial charge is 0.180 e. The van der Waals surface area contributed by atoms with E-state index in [2.05, 4.69) is 17.2 Å². The summed E-state index contributed by atoms with van der Waals surface area (Å²) in [5, 5.41) is 4.31. The standard InChI is InChI=1S/C11H19N3S/c1-11(5-3-2-4-6-11)14-8-9-7-13-10(12)15-9/h7,14H,2-6,8H2,1H3,(H2,12,13). The van der Waals surface area contributed by atoms with E-state index >= 15 is 0 Å². The lowest BCUT2D eigenvalue weighted by Crippen LogP contribution is -2.43. The van der Waals surface area contributed by atoms with Crippen LogP contribution in [0.3, 0.4) is 0 Å². The first-order valence-corrected chi connectivity index (χ1v) is 6.45. The highest BCUT2D eigenvalue weighted by atomic mass is 32.1. The highest BCUT2D eigenvalue weighted by Crippen LogP contribution is 2.28. The third-order valence-corrected chi connectivity index (χ3v) is 4.04. The van der Waals surface area contributed by atoms with Crippen LogP contribution in [-0.4, -0.2) is 10.5 Å². The molecular weight excluding hydrogens is 206 g/mol. The van der Waals surface area contributed by atoms with Gasteiger partial charge in [0.25, 0.3) is 0 Å². The first-order chi connectivity index (χ1) is 7.18. The Morgan fingerprint density at radius 2 is 2.20 bits per heavy atom. The Bertz CT molecular complexity index is 315. The van der Waals surface area contributed by atoms with Crippen LogP contribution < -0.4 is 11.1 Å². The van der Waals surface area contributed by atoms with Crippen molar-refractivity contribution < 1.29 is 0 Å². The Kier molecular flexibility index (Phi) is 3.26. The number of hydrogen-bond acceptors (Lipinski definition) is 4. The number of nitrogens with zero attached hydrogens (tertiary/aromatic N) is 1. The van der Waals surface area contributed by atoms with Gasteiger partial charge in [-0.15, -0.1) is 11.3 Å². The number of aromatic nitrogens is 1. The summed E-state index contributed by atoms with van der Waals surface area (Å²) in [6, 6.07) is 0. The van der Waals surface area contributed by atoms with Gasteiger partial charge >= 0.3 is 0 Å². The zero-order chi connectivity index (χ0) is 10.7. The third kappa shape index (κ3) is 2.92. The van der Waals surface area contributed by atoms with Crippen molar-refractivity contribution in [3.63, 3.8) is 0 Å². The van der Waals surface area contributed by atoms with E-state index in [-0.39, 0.29) is 0 Å². The lowest BCUT2D eigenvalue weighted by atomic mass is 9.83. The summed E-state index contributed by atoms with van der Waals surface area (Å²) in [4.78, 5) is 5.29. The molecular formula is C11H19N3S. The molecule has 1 aliphatic carbocycles. The molecule has 3 nitrogen and oxygen atoms in total. The lowest BCUT2D eigenvalue weighted by Gasteiger charge is -2.34. The second kappa shape index (κ2) is 4.49. The molecule has 0 aliphatic heterocycles. The lowest BCUT2D eigenvalue weighted by molar-refractivity contribution is 0.253. The fourth-order valence-corrected chi connectivity index (χ4v) is 2.84. The first-order valence-electron chi connectivity index (χ1n) is 5.63. The molecule has 1 saturated carbocycles. The van der Waals surface area contributed by atoms with E-state index in [0.29, 0.717) is 10.7 Å². The average molecular weight is 225 g/mol. The minimum absolute atomic E-state index is 0.330. The van der Waals surface area contributed by atoms with Crippen LogP contribution in [0, 0.1) is 0 Å². The number of nitrogens with two attached hydrogens (primary N) is 1. The van der Waals surface area contributed by atoms with E-state index in [0.717, 1.165) is 6.54 Å². The van der Waals surface area contributed by atoms with E-state index in [9.17, 15) is 0 Å². The van der Waals surface area contributed by atoms with Gasteiger partial charge in [0.2, 0.25) is 0 Å². The van der Waals surface area contributed by atoms with Crippen molar-refractivity contribution >= 4 is 16.5 Å². The summed E-state index contributed by atoms with van der Waals surface area (Å²) >= 11 is 1.58. The zero-order valence-corrected chi connectivity index (χ0v) is 10.1. The fraction of sp³-hybridized carbons (Fsp3) is 0.727. The summed E-state index contributed by atoms with van der Waals surface area (Å²) in [7, 11) is 0. The topological polar surface area (TPSA) is 50.9 Å². The summed E-state index contributed by atoms with van der Waals surface area (Å²) in [6.07, 6.45) is 8.56. The van der Waals surface area contributed by atoms with Crippen LogP contribution in [0.1, 0.15) is 43.9 Å². The van der Waals surface area contributed by atoms with Crippen molar-refractivity contribution in [3.8, 4) is 0 Å². The van der Waals surface area contributed by atoms with Crippen molar-refractivity contribution in [2.45, 2.75) is 51.1 Å². The molecule has 4 heteroatoms. The summed E-state index contributed by atoms with van der Waals surface area (Å²) in [5.41, 5.74) is 5.93.